The molecule has 2 aliphatic rings. The standard InChI is InChI=1S/C17H34N2O/c1-3-15-5-9-17(14-18,10-6-15)19(4-2)13-16-7-11-20-12-8-16/h15-16H,3-14,18H2,1-2H3. The first kappa shape index (κ1) is 16.3. The highest BCUT2D eigenvalue weighted by atomic mass is 16.5. The molecule has 0 aromatic rings. The van der Waals surface area contributed by atoms with E-state index >= 15 is 0 Å². The van der Waals surface area contributed by atoms with Crippen molar-refractivity contribution in [3.63, 3.8) is 0 Å². The second-order valence-electron chi connectivity index (χ2n) is 6.87. The number of ether oxygens (including phenoxy) is 1. The van der Waals surface area contributed by atoms with Crippen LogP contribution in [0.2, 0.25) is 0 Å². The lowest BCUT2D eigenvalue weighted by Crippen LogP contribution is -2.57. The summed E-state index contributed by atoms with van der Waals surface area (Å²) in [5.74, 6) is 1.76. The molecule has 0 aromatic carbocycles. The zero-order valence-electron chi connectivity index (χ0n) is 13.6. The number of rotatable bonds is 6. The van der Waals surface area contributed by atoms with Crippen LogP contribution < -0.4 is 5.73 Å². The lowest BCUT2D eigenvalue weighted by Gasteiger charge is -2.48. The molecule has 0 atom stereocenters. The molecule has 1 aliphatic carbocycles. The summed E-state index contributed by atoms with van der Waals surface area (Å²) in [7, 11) is 0. The van der Waals surface area contributed by atoms with E-state index in [9.17, 15) is 0 Å². The largest absolute Gasteiger partial charge is 0.381 e. The quantitative estimate of drug-likeness (QED) is 0.814. The minimum atomic E-state index is 0.290. The highest BCUT2D eigenvalue weighted by Gasteiger charge is 2.39. The van der Waals surface area contributed by atoms with Gasteiger partial charge in [-0.2, -0.15) is 0 Å². The van der Waals surface area contributed by atoms with Crippen LogP contribution in [-0.4, -0.2) is 43.3 Å². The van der Waals surface area contributed by atoms with E-state index in [0.29, 0.717) is 5.54 Å². The molecule has 1 saturated carbocycles. The average Bonchev–Trinajstić information content (AvgIpc) is 2.53. The van der Waals surface area contributed by atoms with E-state index in [1.807, 2.05) is 0 Å². The van der Waals surface area contributed by atoms with Crippen molar-refractivity contribution in [3.8, 4) is 0 Å². The van der Waals surface area contributed by atoms with Gasteiger partial charge in [-0.1, -0.05) is 20.3 Å². The van der Waals surface area contributed by atoms with Crippen molar-refractivity contribution in [2.75, 3.05) is 32.8 Å². The van der Waals surface area contributed by atoms with E-state index in [1.54, 1.807) is 0 Å². The highest BCUT2D eigenvalue weighted by Crippen LogP contribution is 2.38. The van der Waals surface area contributed by atoms with Gasteiger partial charge in [-0.05, 0) is 56.9 Å². The van der Waals surface area contributed by atoms with Crippen molar-refractivity contribution in [1.82, 2.24) is 4.90 Å². The van der Waals surface area contributed by atoms with Crippen molar-refractivity contribution >= 4 is 0 Å². The van der Waals surface area contributed by atoms with Gasteiger partial charge in [0.2, 0.25) is 0 Å². The molecular formula is C17H34N2O. The monoisotopic (exact) mass is 282 g/mol. The van der Waals surface area contributed by atoms with Crippen LogP contribution >= 0.6 is 0 Å². The maximum Gasteiger partial charge on any atom is 0.0469 e. The lowest BCUT2D eigenvalue weighted by atomic mass is 9.74. The SMILES string of the molecule is CCC1CCC(CN)(N(CC)CC2CCOCC2)CC1. The first-order valence-electron chi connectivity index (χ1n) is 8.77. The van der Waals surface area contributed by atoms with Crippen LogP contribution in [0.5, 0.6) is 0 Å². The summed E-state index contributed by atoms with van der Waals surface area (Å²) in [6.07, 6.45) is 9.16. The molecule has 0 aromatic heterocycles. The third-order valence-corrected chi connectivity index (χ3v) is 5.87. The molecule has 1 aliphatic heterocycles. The van der Waals surface area contributed by atoms with Crippen molar-refractivity contribution in [1.29, 1.82) is 0 Å². The fraction of sp³-hybridized carbons (Fsp3) is 1.00. The predicted octanol–water partition coefficient (Wildman–Crippen LogP) is 3.03. The number of likely N-dealkylation sites (N-methyl/N-ethyl adjacent to an activating group) is 1. The molecule has 0 unspecified atom stereocenters. The van der Waals surface area contributed by atoms with E-state index in [1.165, 1.54) is 51.5 Å². The molecule has 3 nitrogen and oxygen atoms in total. The van der Waals surface area contributed by atoms with Crippen LogP contribution in [0.1, 0.15) is 58.8 Å². The molecule has 0 radical (unpaired) electrons. The molecule has 3 heteroatoms. The van der Waals surface area contributed by atoms with E-state index < -0.39 is 0 Å². The Morgan fingerprint density at radius 3 is 2.20 bits per heavy atom. The topological polar surface area (TPSA) is 38.5 Å². The normalized spacial score (nSPS) is 32.7. The lowest BCUT2D eigenvalue weighted by molar-refractivity contribution is 0.00448. The zero-order chi connectivity index (χ0) is 14.4. The maximum atomic E-state index is 6.24. The number of hydrogen-bond acceptors (Lipinski definition) is 3. The Morgan fingerprint density at radius 2 is 1.70 bits per heavy atom. The van der Waals surface area contributed by atoms with Crippen LogP contribution in [0.15, 0.2) is 0 Å². The van der Waals surface area contributed by atoms with Crippen molar-refractivity contribution in [2.24, 2.45) is 17.6 Å². The summed E-state index contributed by atoms with van der Waals surface area (Å²) >= 11 is 0. The minimum absolute atomic E-state index is 0.290. The molecule has 0 spiro atoms. The first-order chi connectivity index (χ1) is 9.74. The van der Waals surface area contributed by atoms with E-state index in [0.717, 1.165) is 38.1 Å². The third kappa shape index (κ3) is 3.75. The summed E-state index contributed by atoms with van der Waals surface area (Å²) < 4.78 is 5.50. The molecule has 0 amide bonds. The van der Waals surface area contributed by atoms with Gasteiger partial charge in [-0.25, -0.2) is 0 Å². The summed E-state index contributed by atoms with van der Waals surface area (Å²) in [6, 6.07) is 0. The Bertz CT molecular complexity index is 268. The van der Waals surface area contributed by atoms with Gasteiger partial charge >= 0.3 is 0 Å². The van der Waals surface area contributed by atoms with Crippen LogP contribution in [-0.2, 0) is 4.74 Å². The van der Waals surface area contributed by atoms with Gasteiger partial charge in [0.25, 0.3) is 0 Å². The summed E-state index contributed by atoms with van der Waals surface area (Å²) in [4.78, 5) is 2.72. The van der Waals surface area contributed by atoms with Crippen LogP contribution in [0, 0.1) is 11.8 Å². The predicted molar refractivity (Wildman–Crippen MR) is 84.8 cm³/mol. The van der Waals surface area contributed by atoms with Gasteiger partial charge in [-0.15, -0.1) is 0 Å². The van der Waals surface area contributed by atoms with E-state index in [4.69, 9.17) is 10.5 Å². The molecule has 20 heavy (non-hydrogen) atoms. The average molecular weight is 282 g/mol. The Morgan fingerprint density at radius 1 is 1.05 bits per heavy atom. The third-order valence-electron chi connectivity index (χ3n) is 5.87. The fourth-order valence-corrected chi connectivity index (χ4v) is 4.17. The molecule has 2 rings (SSSR count). The molecule has 1 heterocycles. The second kappa shape index (κ2) is 7.77. The van der Waals surface area contributed by atoms with Gasteiger partial charge in [0.15, 0.2) is 0 Å². The Hall–Kier alpha value is -0.120. The summed E-state index contributed by atoms with van der Waals surface area (Å²) in [6.45, 7) is 9.76. The molecular weight excluding hydrogens is 248 g/mol. The number of nitrogens with zero attached hydrogens (tertiary/aromatic N) is 1. The molecule has 1 saturated heterocycles. The van der Waals surface area contributed by atoms with Crippen LogP contribution in [0.3, 0.4) is 0 Å². The fourth-order valence-electron chi connectivity index (χ4n) is 4.17. The molecule has 2 fully saturated rings. The van der Waals surface area contributed by atoms with Gasteiger partial charge in [0.05, 0.1) is 0 Å². The van der Waals surface area contributed by atoms with Gasteiger partial charge in [0.1, 0.15) is 0 Å². The summed E-state index contributed by atoms with van der Waals surface area (Å²) in [5, 5.41) is 0. The first-order valence-corrected chi connectivity index (χ1v) is 8.77. The molecule has 118 valence electrons. The van der Waals surface area contributed by atoms with E-state index in [-0.39, 0.29) is 0 Å². The van der Waals surface area contributed by atoms with Gasteiger partial charge < -0.3 is 10.5 Å². The number of hydrogen-bond donors (Lipinski definition) is 1. The summed E-state index contributed by atoms with van der Waals surface area (Å²) in [5.41, 5.74) is 6.53. The van der Waals surface area contributed by atoms with Crippen LogP contribution in [0.4, 0.5) is 0 Å². The van der Waals surface area contributed by atoms with Crippen molar-refractivity contribution < 1.29 is 4.74 Å². The van der Waals surface area contributed by atoms with Gasteiger partial charge in [-0.3, -0.25) is 4.90 Å². The smallest absolute Gasteiger partial charge is 0.0469 e. The van der Waals surface area contributed by atoms with Crippen molar-refractivity contribution in [3.05, 3.63) is 0 Å². The Balaban J connectivity index is 1.95. The number of nitrogens with two attached hydrogens (primary N) is 1. The Kier molecular flexibility index (Phi) is 6.31. The van der Waals surface area contributed by atoms with E-state index in [2.05, 4.69) is 18.7 Å². The zero-order valence-corrected chi connectivity index (χ0v) is 13.6. The highest BCUT2D eigenvalue weighted by molar-refractivity contribution is 4.96. The Labute approximate surface area is 125 Å². The molecule has 0 bridgehead atoms. The maximum absolute atomic E-state index is 6.24. The molecule has 2 N–H and O–H groups in total. The van der Waals surface area contributed by atoms with Crippen molar-refractivity contribution in [2.45, 2.75) is 64.3 Å². The minimum Gasteiger partial charge on any atom is -0.381 e. The van der Waals surface area contributed by atoms with Gasteiger partial charge in [0, 0.05) is 31.8 Å². The van der Waals surface area contributed by atoms with Crippen LogP contribution in [0.25, 0.3) is 0 Å². The second-order valence-corrected chi connectivity index (χ2v) is 6.87.